The van der Waals surface area contributed by atoms with E-state index in [2.05, 4.69) is 47.4 Å². The van der Waals surface area contributed by atoms with Crippen LogP contribution in [0.5, 0.6) is 11.5 Å². The number of methoxy groups -OCH3 is 2. The van der Waals surface area contributed by atoms with Gasteiger partial charge in [-0.1, -0.05) is 42.5 Å². The van der Waals surface area contributed by atoms with E-state index >= 15 is 0 Å². The lowest BCUT2D eigenvalue weighted by atomic mass is 9.74. The molecule has 1 aliphatic carbocycles. The van der Waals surface area contributed by atoms with Crippen molar-refractivity contribution in [3.63, 3.8) is 0 Å². The number of benzene rings is 3. The Morgan fingerprint density at radius 2 is 1.87 bits per heavy atom. The third kappa shape index (κ3) is 8.24. The maximum atomic E-state index is 13.5. The van der Waals surface area contributed by atoms with Gasteiger partial charge in [-0.2, -0.15) is 0 Å². The number of hydrogen-bond donors (Lipinski definition) is 0. The minimum atomic E-state index is 0.0550. The van der Waals surface area contributed by atoms with Crippen LogP contribution in [0.15, 0.2) is 78.9 Å². The lowest BCUT2D eigenvalue weighted by molar-refractivity contribution is -0.132. The molecule has 47 heavy (non-hydrogen) atoms. The highest BCUT2D eigenvalue weighted by molar-refractivity contribution is 5.79. The second-order valence-electron chi connectivity index (χ2n) is 12.8. The van der Waals surface area contributed by atoms with Crippen molar-refractivity contribution in [1.29, 1.82) is 0 Å². The lowest BCUT2D eigenvalue weighted by Gasteiger charge is -2.37. The summed E-state index contributed by atoms with van der Waals surface area (Å²) in [4.78, 5) is 22.4. The predicted molar refractivity (Wildman–Crippen MR) is 185 cm³/mol. The summed E-state index contributed by atoms with van der Waals surface area (Å²) >= 11 is 0. The number of carbonyl (C=O) groups excluding carboxylic acids is 1. The van der Waals surface area contributed by atoms with Gasteiger partial charge in [-0.05, 0) is 79.1 Å². The third-order valence-electron chi connectivity index (χ3n) is 9.61. The Labute approximate surface area is 278 Å². The summed E-state index contributed by atoms with van der Waals surface area (Å²) in [5.41, 5.74) is 5.35. The highest BCUT2D eigenvalue weighted by Gasteiger charge is 2.34. The third-order valence-corrected chi connectivity index (χ3v) is 9.61. The molecule has 6 rings (SSSR count). The number of ether oxygens (including phenoxy) is 4. The van der Waals surface area contributed by atoms with Crippen molar-refractivity contribution in [3.05, 3.63) is 95.7 Å². The average Bonchev–Trinajstić information content (AvgIpc) is 3.11. The van der Waals surface area contributed by atoms with Crippen molar-refractivity contribution in [2.75, 3.05) is 52.5 Å². The van der Waals surface area contributed by atoms with E-state index in [4.69, 9.17) is 23.9 Å². The molecular formula is C39H47N3O5. The van der Waals surface area contributed by atoms with E-state index in [0.717, 1.165) is 84.7 Å². The van der Waals surface area contributed by atoms with Gasteiger partial charge in [0.15, 0.2) is 0 Å². The molecule has 1 aromatic heterocycles. The molecule has 1 amide bonds. The molecule has 1 saturated carbocycles. The predicted octanol–water partition coefficient (Wildman–Crippen LogP) is 7.00. The van der Waals surface area contributed by atoms with Crippen molar-refractivity contribution >= 4 is 22.5 Å². The molecule has 248 valence electrons. The lowest BCUT2D eigenvalue weighted by Crippen LogP contribution is -2.34. The fraction of sp³-hybridized carbons (Fsp3) is 0.436. The van der Waals surface area contributed by atoms with Gasteiger partial charge in [-0.3, -0.25) is 9.78 Å². The zero-order chi connectivity index (χ0) is 32.6. The molecule has 2 aliphatic rings. The molecule has 0 unspecified atom stereocenters. The van der Waals surface area contributed by atoms with E-state index < -0.39 is 0 Å². The monoisotopic (exact) mass is 637 g/mol. The molecule has 4 aromatic rings. The van der Waals surface area contributed by atoms with Gasteiger partial charge in [0.1, 0.15) is 18.1 Å². The van der Waals surface area contributed by atoms with Crippen molar-refractivity contribution < 1.29 is 23.7 Å². The van der Waals surface area contributed by atoms with E-state index in [0.29, 0.717) is 26.2 Å². The molecule has 0 N–H and O–H groups in total. The molecule has 8 heteroatoms. The van der Waals surface area contributed by atoms with Crippen LogP contribution < -0.4 is 14.4 Å². The number of pyridine rings is 1. The molecule has 1 aliphatic heterocycles. The van der Waals surface area contributed by atoms with Crippen LogP contribution in [0, 0.1) is 5.92 Å². The van der Waals surface area contributed by atoms with Crippen LogP contribution >= 0.6 is 0 Å². The van der Waals surface area contributed by atoms with Crippen molar-refractivity contribution in [2.45, 2.75) is 57.3 Å². The van der Waals surface area contributed by atoms with E-state index in [-0.39, 0.29) is 23.8 Å². The van der Waals surface area contributed by atoms with E-state index in [1.807, 2.05) is 48.3 Å². The number of para-hydroxylation sites is 1. The Bertz CT molecular complexity index is 1630. The number of carbonyl (C=O) groups is 1. The van der Waals surface area contributed by atoms with Gasteiger partial charge in [0, 0.05) is 45.0 Å². The summed E-state index contributed by atoms with van der Waals surface area (Å²) in [7, 11) is 5.32. The first-order chi connectivity index (χ1) is 23.0. The Morgan fingerprint density at radius 1 is 1.02 bits per heavy atom. The van der Waals surface area contributed by atoms with Crippen LogP contribution in [-0.2, 0) is 27.4 Å². The number of nitrogens with zero attached hydrogens (tertiary/aromatic N) is 3. The first-order valence-electron chi connectivity index (χ1n) is 16.8. The van der Waals surface area contributed by atoms with Crippen LogP contribution in [0.2, 0.25) is 0 Å². The zero-order valence-corrected chi connectivity index (χ0v) is 27.9. The standard InChI is InChI=1S/C39H47N3O5/c1-41(26-32-14-11-31-7-4-5-8-35(31)40-32)39(43)25-28-9-17-37(34(23-28)30-12-15-33(45-3)16-13-30)47-27-29-10-18-38-36(24-29)42(20-22-46-38)19-6-21-44-2/h4-5,7-8,10-16,18,24,28,34,37H,6,9,17,19-23,25-27H2,1-3H3/t28-,34+,37-/m0/s1. The number of hydrogen-bond acceptors (Lipinski definition) is 7. The van der Waals surface area contributed by atoms with Gasteiger partial charge >= 0.3 is 0 Å². The van der Waals surface area contributed by atoms with Gasteiger partial charge in [0.05, 0.1) is 49.8 Å². The Kier molecular flexibility index (Phi) is 10.9. The minimum absolute atomic E-state index is 0.0550. The van der Waals surface area contributed by atoms with E-state index in [1.165, 1.54) is 5.56 Å². The van der Waals surface area contributed by atoms with Crippen molar-refractivity contribution in [2.24, 2.45) is 5.92 Å². The molecule has 1 fully saturated rings. The quantitative estimate of drug-likeness (QED) is 0.146. The molecule has 0 saturated heterocycles. The normalized spacial score (nSPS) is 19.2. The second kappa shape index (κ2) is 15.6. The second-order valence-corrected chi connectivity index (χ2v) is 12.8. The van der Waals surface area contributed by atoms with E-state index in [1.54, 1.807) is 14.2 Å². The number of amides is 1. The summed E-state index contributed by atoms with van der Waals surface area (Å²) in [5.74, 6) is 2.39. The fourth-order valence-corrected chi connectivity index (χ4v) is 6.99. The Balaban J connectivity index is 1.11. The number of anilines is 1. The average molecular weight is 638 g/mol. The van der Waals surface area contributed by atoms with Crippen molar-refractivity contribution in [1.82, 2.24) is 9.88 Å². The fourth-order valence-electron chi connectivity index (χ4n) is 6.99. The number of aromatic nitrogens is 1. The van der Waals surface area contributed by atoms with Gasteiger partial charge in [-0.15, -0.1) is 0 Å². The molecular weight excluding hydrogens is 590 g/mol. The van der Waals surface area contributed by atoms with Crippen LogP contribution in [0.1, 0.15) is 54.8 Å². The molecule has 3 atom stereocenters. The topological polar surface area (TPSA) is 73.4 Å². The molecule has 3 aromatic carbocycles. The number of rotatable bonds is 13. The van der Waals surface area contributed by atoms with Gasteiger partial charge in [0.2, 0.25) is 5.91 Å². The summed E-state index contributed by atoms with van der Waals surface area (Å²) in [6.45, 7) is 4.28. The maximum absolute atomic E-state index is 13.5. The Morgan fingerprint density at radius 3 is 2.70 bits per heavy atom. The summed E-state index contributed by atoms with van der Waals surface area (Å²) in [6.07, 6.45) is 4.31. The molecule has 0 spiro atoms. The number of fused-ring (bicyclic) bond motifs is 2. The molecule has 2 heterocycles. The Hall–Kier alpha value is -4.14. The van der Waals surface area contributed by atoms with Crippen LogP contribution in [0.4, 0.5) is 5.69 Å². The first-order valence-corrected chi connectivity index (χ1v) is 16.8. The highest BCUT2D eigenvalue weighted by Crippen LogP contribution is 2.41. The molecule has 0 bridgehead atoms. The van der Waals surface area contributed by atoms with Gasteiger partial charge in [0.25, 0.3) is 0 Å². The molecule has 0 radical (unpaired) electrons. The van der Waals surface area contributed by atoms with Crippen LogP contribution in [-0.4, -0.2) is 69.5 Å². The first kappa shape index (κ1) is 32.8. The van der Waals surface area contributed by atoms with Crippen LogP contribution in [0.3, 0.4) is 0 Å². The minimum Gasteiger partial charge on any atom is -0.497 e. The van der Waals surface area contributed by atoms with Gasteiger partial charge in [-0.25, -0.2) is 0 Å². The smallest absolute Gasteiger partial charge is 0.222 e. The zero-order valence-electron chi connectivity index (χ0n) is 27.9. The highest BCUT2D eigenvalue weighted by atomic mass is 16.5. The summed E-state index contributed by atoms with van der Waals surface area (Å²) in [5, 5.41) is 1.11. The van der Waals surface area contributed by atoms with Gasteiger partial charge < -0.3 is 28.7 Å². The molecule has 8 nitrogen and oxygen atoms in total. The summed E-state index contributed by atoms with van der Waals surface area (Å²) < 4.78 is 23.4. The summed E-state index contributed by atoms with van der Waals surface area (Å²) in [6, 6.07) is 26.9. The van der Waals surface area contributed by atoms with E-state index in [9.17, 15) is 4.79 Å². The largest absolute Gasteiger partial charge is 0.497 e. The van der Waals surface area contributed by atoms with Crippen LogP contribution in [0.25, 0.3) is 10.9 Å². The maximum Gasteiger partial charge on any atom is 0.222 e. The SMILES string of the molecule is COCCCN1CCOc2ccc(CO[C@H]3CC[C@H](CC(=O)N(C)Cc4ccc5ccccc5n4)C[C@@H]3c3ccc(OC)cc3)cc21. The van der Waals surface area contributed by atoms with Crippen molar-refractivity contribution in [3.8, 4) is 11.5 Å².